The predicted molar refractivity (Wildman–Crippen MR) is 82.0 cm³/mol. The summed E-state index contributed by atoms with van der Waals surface area (Å²) in [5.41, 5.74) is -2.70. The van der Waals surface area contributed by atoms with Crippen LogP contribution in [0.25, 0.3) is 0 Å². The Balaban J connectivity index is 2.51. The zero-order chi connectivity index (χ0) is 18.1. The van der Waals surface area contributed by atoms with E-state index in [-0.39, 0.29) is 12.3 Å². The van der Waals surface area contributed by atoms with Gasteiger partial charge in [-0.15, -0.1) is 0 Å². The molecule has 2 heterocycles. The first-order valence-corrected chi connectivity index (χ1v) is 7.54. The third-order valence-electron chi connectivity index (χ3n) is 3.43. The molecule has 1 atom stereocenters. The Morgan fingerprint density at radius 2 is 1.96 bits per heavy atom. The zero-order valence-corrected chi connectivity index (χ0v) is 14.0. The van der Waals surface area contributed by atoms with E-state index >= 15 is 0 Å². The number of fused-ring (bicyclic) bond motifs is 1. The molecular formula is C16H20N2O6. The molecule has 24 heavy (non-hydrogen) atoms. The van der Waals surface area contributed by atoms with Crippen molar-refractivity contribution in [1.82, 2.24) is 9.88 Å². The van der Waals surface area contributed by atoms with E-state index in [9.17, 15) is 19.2 Å². The summed E-state index contributed by atoms with van der Waals surface area (Å²) in [5.74, 6) is -3.23. The number of carbonyl (C=O) groups is 4. The van der Waals surface area contributed by atoms with Crippen molar-refractivity contribution in [2.45, 2.75) is 45.3 Å². The molecule has 0 aliphatic carbocycles. The van der Waals surface area contributed by atoms with Crippen molar-refractivity contribution in [1.29, 1.82) is 0 Å². The van der Waals surface area contributed by atoms with Gasteiger partial charge in [0.2, 0.25) is 5.54 Å². The van der Waals surface area contributed by atoms with Gasteiger partial charge < -0.3 is 14.0 Å². The number of rotatable bonds is 4. The second kappa shape index (κ2) is 6.10. The topological polar surface area (TPSA) is 104 Å². The fourth-order valence-electron chi connectivity index (χ4n) is 2.54. The lowest BCUT2D eigenvalue weighted by molar-refractivity contribution is -0.170. The molecule has 8 nitrogen and oxygen atoms in total. The molecule has 1 aliphatic rings. The molecule has 130 valence electrons. The molecule has 1 aliphatic heterocycles. The van der Waals surface area contributed by atoms with E-state index in [1.165, 1.54) is 22.9 Å². The van der Waals surface area contributed by atoms with Gasteiger partial charge in [0.1, 0.15) is 11.3 Å². The first-order valence-electron chi connectivity index (χ1n) is 7.54. The molecule has 0 fully saturated rings. The van der Waals surface area contributed by atoms with Crippen LogP contribution in [-0.2, 0) is 29.4 Å². The van der Waals surface area contributed by atoms with E-state index in [1.807, 2.05) is 0 Å². The molecule has 0 saturated carbocycles. The van der Waals surface area contributed by atoms with Crippen molar-refractivity contribution < 1.29 is 28.7 Å². The quantitative estimate of drug-likeness (QED) is 0.494. The van der Waals surface area contributed by atoms with Gasteiger partial charge in [0.25, 0.3) is 11.8 Å². The fourth-order valence-corrected chi connectivity index (χ4v) is 2.54. The molecule has 8 heteroatoms. The van der Waals surface area contributed by atoms with Crippen LogP contribution in [0.15, 0.2) is 18.3 Å². The monoisotopic (exact) mass is 336 g/mol. The van der Waals surface area contributed by atoms with Crippen LogP contribution in [0, 0.1) is 0 Å². The SMILES string of the molecule is CCOC(=O)C1(CC(=O)OC(C)(C)C)C(=O)NC(=O)c2cccn21. The molecule has 2 amide bonds. The predicted octanol–water partition coefficient (Wildman–Crippen LogP) is 0.748. The molecule has 1 aromatic heterocycles. The molecular weight excluding hydrogens is 316 g/mol. The van der Waals surface area contributed by atoms with Gasteiger partial charge >= 0.3 is 11.9 Å². The Kier molecular flexibility index (Phi) is 4.50. The summed E-state index contributed by atoms with van der Waals surface area (Å²) in [6.07, 6.45) is 0.817. The number of imide groups is 1. The molecule has 2 rings (SSSR count). The van der Waals surface area contributed by atoms with Crippen molar-refractivity contribution in [3.05, 3.63) is 24.0 Å². The van der Waals surface area contributed by atoms with Crippen LogP contribution in [0.1, 0.15) is 44.6 Å². The van der Waals surface area contributed by atoms with Gasteiger partial charge in [0.05, 0.1) is 13.0 Å². The standard InChI is InChI=1S/C16H20N2O6/c1-5-23-14(22)16(9-11(19)24-15(2,3)4)13(21)17-12(20)10-7-6-8-18(10)16/h6-8H,5,9H2,1-4H3,(H,17,20,21). The first-order chi connectivity index (χ1) is 11.1. The van der Waals surface area contributed by atoms with Crippen LogP contribution in [-0.4, -0.2) is 40.5 Å². The van der Waals surface area contributed by atoms with Crippen molar-refractivity contribution in [3.8, 4) is 0 Å². The number of carbonyl (C=O) groups excluding carboxylic acids is 4. The minimum absolute atomic E-state index is 0.0206. The maximum Gasteiger partial charge on any atom is 0.342 e. The third kappa shape index (κ3) is 3.04. The zero-order valence-electron chi connectivity index (χ0n) is 14.0. The van der Waals surface area contributed by atoms with Crippen molar-refractivity contribution >= 4 is 23.8 Å². The third-order valence-corrected chi connectivity index (χ3v) is 3.43. The van der Waals surface area contributed by atoms with Crippen molar-refractivity contribution in [2.24, 2.45) is 0 Å². The van der Waals surface area contributed by atoms with E-state index in [4.69, 9.17) is 9.47 Å². The van der Waals surface area contributed by atoms with Gasteiger partial charge in [0.15, 0.2) is 0 Å². The fraction of sp³-hybridized carbons (Fsp3) is 0.500. The average Bonchev–Trinajstić information content (AvgIpc) is 2.91. The summed E-state index contributed by atoms with van der Waals surface area (Å²) in [6, 6.07) is 2.96. The normalized spacial score (nSPS) is 20.2. The lowest BCUT2D eigenvalue weighted by atomic mass is 9.91. The number of ether oxygens (including phenoxy) is 2. The highest BCUT2D eigenvalue weighted by Gasteiger charge is 2.55. The van der Waals surface area contributed by atoms with Gasteiger partial charge in [-0.3, -0.25) is 19.7 Å². The van der Waals surface area contributed by atoms with Gasteiger partial charge in [-0.2, -0.15) is 0 Å². The number of hydrogen-bond acceptors (Lipinski definition) is 6. The van der Waals surface area contributed by atoms with E-state index < -0.39 is 41.3 Å². The Morgan fingerprint density at radius 1 is 1.29 bits per heavy atom. The molecule has 1 unspecified atom stereocenters. The smallest absolute Gasteiger partial charge is 0.342 e. The summed E-state index contributed by atoms with van der Waals surface area (Å²) in [7, 11) is 0. The minimum Gasteiger partial charge on any atom is -0.464 e. The van der Waals surface area contributed by atoms with Crippen LogP contribution in [0.3, 0.4) is 0 Å². The van der Waals surface area contributed by atoms with Gasteiger partial charge in [0, 0.05) is 6.20 Å². The van der Waals surface area contributed by atoms with Gasteiger partial charge in [-0.25, -0.2) is 4.79 Å². The largest absolute Gasteiger partial charge is 0.464 e. The van der Waals surface area contributed by atoms with Crippen molar-refractivity contribution in [2.75, 3.05) is 6.61 Å². The first kappa shape index (κ1) is 17.7. The summed E-state index contributed by atoms with van der Waals surface area (Å²) in [4.78, 5) is 49.3. The Bertz CT molecular complexity index is 700. The number of esters is 2. The van der Waals surface area contributed by atoms with Crippen molar-refractivity contribution in [3.63, 3.8) is 0 Å². The Labute approximate surface area is 139 Å². The highest BCUT2D eigenvalue weighted by atomic mass is 16.6. The summed E-state index contributed by atoms with van der Waals surface area (Å²) < 4.78 is 11.4. The molecule has 0 aromatic carbocycles. The summed E-state index contributed by atoms with van der Waals surface area (Å²) in [6.45, 7) is 6.63. The highest BCUT2D eigenvalue weighted by molar-refractivity contribution is 6.18. The van der Waals surface area contributed by atoms with Crippen LogP contribution in [0.5, 0.6) is 0 Å². The number of amides is 2. The van der Waals surface area contributed by atoms with Gasteiger partial charge in [-0.05, 0) is 39.8 Å². The highest BCUT2D eigenvalue weighted by Crippen LogP contribution is 2.31. The van der Waals surface area contributed by atoms with E-state index in [0.717, 1.165) is 0 Å². The molecule has 1 N–H and O–H groups in total. The van der Waals surface area contributed by atoms with Gasteiger partial charge in [-0.1, -0.05) is 0 Å². The Morgan fingerprint density at radius 3 is 2.54 bits per heavy atom. The maximum absolute atomic E-state index is 12.6. The maximum atomic E-state index is 12.6. The number of hydrogen-bond donors (Lipinski definition) is 1. The number of nitrogens with zero attached hydrogens (tertiary/aromatic N) is 1. The molecule has 0 saturated heterocycles. The lowest BCUT2D eigenvalue weighted by Crippen LogP contribution is -2.61. The summed E-state index contributed by atoms with van der Waals surface area (Å²) in [5, 5.41) is 2.11. The van der Waals surface area contributed by atoms with Crippen LogP contribution in [0.2, 0.25) is 0 Å². The lowest BCUT2D eigenvalue weighted by Gasteiger charge is -2.35. The molecule has 0 bridgehead atoms. The van der Waals surface area contributed by atoms with Crippen LogP contribution < -0.4 is 5.32 Å². The number of aromatic nitrogens is 1. The minimum atomic E-state index is -2.01. The second-order valence-corrected chi connectivity index (χ2v) is 6.39. The summed E-state index contributed by atoms with van der Waals surface area (Å²) >= 11 is 0. The second-order valence-electron chi connectivity index (χ2n) is 6.39. The van der Waals surface area contributed by atoms with Crippen LogP contribution in [0.4, 0.5) is 0 Å². The molecule has 0 spiro atoms. The molecule has 1 aromatic rings. The van der Waals surface area contributed by atoms with E-state index in [1.54, 1.807) is 27.7 Å². The van der Waals surface area contributed by atoms with Crippen LogP contribution >= 0.6 is 0 Å². The molecule has 0 radical (unpaired) electrons. The number of nitrogens with one attached hydrogen (secondary N) is 1. The van der Waals surface area contributed by atoms with E-state index in [2.05, 4.69) is 5.32 Å². The Hall–Kier alpha value is -2.64. The van der Waals surface area contributed by atoms with E-state index in [0.29, 0.717) is 0 Å². The average molecular weight is 336 g/mol.